The van der Waals surface area contributed by atoms with Crippen LogP contribution in [0.5, 0.6) is 11.5 Å². The fraction of sp³-hybridized carbons (Fsp3) is 0.500. The Morgan fingerprint density at radius 2 is 1.95 bits per heavy atom. The number of hydrogen-bond donors (Lipinski definition) is 2. The molecule has 1 aliphatic carbocycles. The number of thiocarbonyl (C=S) groups is 1. The molecule has 1 aromatic carbocycles. The first-order valence-electron chi connectivity index (χ1n) is 7.69. The predicted octanol–water partition coefficient (Wildman–Crippen LogP) is 2.28. The molecule has 22 heavy (non-hydrogen) atoms. The average molecular weight is 320 g/mol. The first kappa shape index (κ1) is 15.1. The summed E-state index contributed by atoms with van der Waals surface area (Å²) in [6.45, 7) is 0.669. The van der Waals surface area contributed by atoms with Crippen LogP contribution in [0.4, 0.5) is 0 Å². The van der Waals surface area contributed by atoms with E-state index < -0.39 is 0 Å². The summed E-state index contributed by atoms with van der Waals surface area (Å²) in [5.41, 5.74) is 0.957. The van der Waals surface area contributed by atoms with Gasteiger partial charge in [0.05, 0.1) is 0 Å². The molecular weight excluding hydrogens is 300 g/mol. The maximum atomic E-state index is 12.1. The van der Waals surface area contributed by atoms with Gasteiger partial charge in [0, 0.05) is 12.6 Å². The highest BCUT2D eigenvalue weighted by molar-refractivity contribution is 7.82. The van der Waals surface area contributed by atoms with Crippen LogP contribution in [0, 0.1) is 0 Å². The fourth-order valence-electron chi connectivity index (χ4n) is 2.81. The smallest absolute Gasteiger partial charge is 0.278 e. The van der Waals surface area contributed by atoms with Crippen molar-refractivity contribution in [2.24, 2.45) is 0 Å². The lowest BCUT2D eigenvalue weighted by molar-refractivity contribution is -0.115. The summed E-state index contributed by atoms with van der Waals surface area (Å²) in [5, 5.41) is 6.01. The van der Waals surface area contributed by atoms with E-state index in [1.54, 1.807) is 0 Å². The van der Waals surface area contributed by atoms with E-state index in [0.717, 1.165) is 29.9 Å². The zero-order valence-electron chi connectivity index (χ0n) is 12.4. The van der Waals surface area contributed by atoms with E-state index in [-0.39, 0.29) is 17.7 Å². The average Bonchev–Trinajstić information content (AvgIpc) is 3.01. The van der Waals surface area contributed by atoms with Gasteiger partial charge in [0.15, 0.2) is 16.5 Å². The van der Waals surface area contributed by atoms with Crippen LogP contribution >= 0.6 is 12.2 Å². The van der Waals surface area contributed by atoms with Crippen LogP contribution in [-0.2, 0) is 11.3 Å². The van der Waals surface area contributed by atoms with E-state index in [0.29, 0.717) is 12.6 Å². The number of nitrogens with one attached hydrogen (secondary N) is 2. The Morgan fingerprint density at radius 1 is 1.18 bits per heavy atom. The number of carbonyl (C=O) groups is 1. The molecule has 0 bridgehead atoms. The molecule has 0 unspecified atom stereocenters. The standard InChI is InChI=1S/C16H20N2O3S/c19-15(16(22)18-12-4-2-1-3-5-12)17-9-11-6-7-13-14(8-11)21-10-20-13/h6-8,12H,1-5,9-10H2,(H,17,19)(H,18,22). The van der Waals surface area contributed by atoms with Gasteiger partial charge in [-0.25, -0.2) is 0 Å². The first-order chi connectivity index (χ1) is 10.7. The second-order valence-corrected chi connectivity index (χ2v) is 6.09. The molecule has 118 valence electrons. The van der Waals surface area contributed by atoms with Gasteiger partial charge in [-0.3, -0.25) is 4.79 Å². The maximum absolute atomic E-state index is 12.1. The third kappa shape index (κ3) is 3.68. The van der Waals surface area contributed by atoms with E-state index in [2.05, 4.69) is 10.6 Å². The highest BCUT2D eigenvalue weighted by Gasteiger charge is 2.18. The minimum Gasteiger partial charge on any atom is -0.454 e. The monoisotopic (exact) mass is 320 g/mol. The van der Waals surface area contributed by atoms with E-state index in [9.17, 15) is 4.79 Å². The topological polar surface area (TPSA) is 59.6 Å². The Hall–Kier alpha value is -1.82. The Balaban J connectivity index is 1.48. The second-order valence-electron chi connectivity index (χ2n) is 5.68. The van der Waals surface area contributed by atoms with Crippen LogP contribution < -0.4 is 20.1 Å². The van der Waals surface area contributed by atoms with Gasteiger partial charge in [0.1, 0.15) is 0 Å². The largest absolute Gasteiger partial charge is 0.454 e. The van der Waals surface area contributed by atoms with Crippen molar-refractivity contribution in [2.75, 3.05) is 6.79 Å². The number of ether oxygens (including phenoxy) is 2. The Kier molecular flexibility index (Phi) is 4.77. The molecule has 1 heterocycles. The molecule has 1 aromatic rings. The summed E-state index contributed by atoms with van der Waals surface area (Å²) in [7, 11) is 0. The molecule has 2 N–H and O–H groups in total. The number of fused-ring (bicyclic) bond motifs is 1. The zero-order chi connectivity index (χ0) is 15.4. The van der Waals surface area contributed by atoms with Crippen LogP contribution in [0.15, 0.2) is 18.2 Å². The lowest BCUT2D eigenvalue weighted by atomic mass is 9.95. The van der Waals surface area contributed by atoms with Crippen LogP contribution in [0.3, 0.4) is 0 Å². The molecule has 3 rings (SSSR count). The molecular formula is C16H20N2O3S. The van der Waals surface area contributed by atoms with Crippen LogP contribution in [0.1, 0.15) is 37.7 Å². The van der Waals surface area contributed by atoms with Gasteiger partial charge in [0.25, 0.3) is 5.91 Å². The van der Waals surface area contributed by atoms with E-state index in [1.807, 2.05) is 18.2 Å². The van der Waals surface area contributed by atoms with Gasteiger partial charge in [-0.15, -0.1) is 0 Å². The van der Waals surface area contributed by atoms with Crippen molar-refractivity contribution in [1.82, 2.24) is 10.6 Å². The third-order valence-electron chi connectivity index (χ3n) is 4.04. The normalized spacial score (nSPS) is 17.1. The number of amides is 1. The number of rotatable bonds is 3. The Bertz CT molecular complexity index is 571. The summed E-state index contributed by atoms with van der Waals surface area (Å²) in [6.07, 6.45) is 5.88. The SMILES string of the molecule is O=C(NCc1ccc2c(c1)OCO2)C(=S)NC1CCCCC1. The summed E-state index contributed by atoms with van der Waals surface area (Å²) >= 11 is 5.18. The molecule has 1 saturated carbocycles. The molecule has 6 heteroatoms. The van der Waals surface area contributed by atoms with Crippen LogP contribution in [-0.4, -0.2) is 23.7 Å². The summed E-state index contributed by atoms with van der Waals surface area (Å²) in [4.78, 5) is 12.3. The van der Waals surface area contributed by atoms with Gasteiger partial charge in [-0.05, 0) is 30.5 Å². The molecule has 1 aliphatic heterocycles. The highest BCUT2D eigenvalue weighted by Crippen LogP contribution is 2.32. The predicted molar refractivity (Wildman–Crippen MR) is 87.0 cm³/mol. The quantitative estimate of drug-likeness (QED) is 0.837. The van der Waals surface area contributed by atoms with Crippen molar-refractivity contribution in [1.29, 1.82) is 0 Å². The van der Waals surface area contributed by atoms with E-state index in [1.165, 1.54) is 19.3 Å². The van der Waals surface area contributed by atoms with Crippen molar-refractivity contribution in [3.63, 3.8) is 0 Å². The molecule has 1 amide bonds. The van der Waals surface area contributed by atoms with Crippen molar-refractivity contribution in [3.8, 4) is 11.5 Å². The summed E-state index contributed by atoms with van der Waals surface area (Å²) < 4.78 is 10.6. The Labute approximate surface area is 135 Å². The molecule has 0 radical (unpaired) electrons. The minimum atomic E-state index is -0.224. The van der Waals surface area contributed by atoms with Gasteiger partial charge in [0.2, 0.25) is 6.79 Å². The molecule has 1 fully saturated rings. The van der Waals surface area contributed by atoms with Crippen LogP contribution in [0.25, 0.3) is 0 Å². The van der Waals surface area contributed by atoms with Gasteiger partial charge in [-0.2, -0.15) is 0 Å². The second kappa shape index (κ2) is 6.96. The van der Waals surface area contributed by atoms with Crippen molar-refractivity contribution < 1.29 is 14.3 Å². The number of carbonyl (C=O) groups excluding carboxylic acids is 1. The molecule has 2 aliphatic rings. The molecule has 0 atom stereocenters. The van der Waals surface area contributed by atoms with Crippen molar-refractivity contribution in [2.45, 2.75) is 44.7 Å². The summed E-state index contributed by atoms with van der Waals surface area (Å²) in [5.74, 6) is 1.23. The fourth-order valence-corrected chi connectivity index (χ4v) is 3.05. The maximum Gasteiger partial charge on any atom is 0.278 e. The molecule has 0 saturated heterocycles. The third-order valence-corrected chi connectivity index (χ3v) is 4.34. The Morgan fingerprint density at radius 3 is 2.77 bits per heavy atom. The molecule has 0 aromatic heterocycles. The molecule has 5 nitrogen and oxygen atoms in total. The zero-order valence-corrected chi connectivity index (χ0v) is 13.2. The lowest BCUT2D eigenvalue weighted by Crippen LogP contribution is -2.43. The van der Waals surface area contributed by atoms with Gasteiger partial charge in [-0.1, -0.05) is 37.5 Å². The molecule has 0 spiro atoms. The van der Waals surface area contributed by atoms with Gasteiger partial charge >= 0.3 is 0 Å². The van der Waals surface area contributed by atoms with Crippen LogP contribution in [0.2, 0.25) is 0 Å². The lowest BCUT2D eigenvalue weighted by Gasteiger charge is -2.23. The van der Waals surface area contributed by atoms with E-state index >= 15 is 0 Å². The minimum absolute atomic E-state index is 0.224. The first-order valence-corrected chi connectivity index (χ1v) is 8.10. The van der Waals surface area contributed by atoms with Crippen molar-refractivity contribution >= 4 is 23.1 Å². The van der Waals surface area contributed by atoms with Gasteiger partial charge < -0.3 is 20.1 Å². The highest BCUT2D eigenvalue weighted by atomic mass is 32.1. The number of benzene rings is 1. The van der Waals surface area contributed by atoms with E-state index in [4.69, 9.17) is 21.7 Å². The van der Waals surface area contributed by atoms with Crippen molar-refractivity contribution in [3.05, 3.63) is 23.8 Å². The summed E-state index contributed by atoms with van der Waals surface area (Å²) in [6, 6.07) is 5.98. The number of hydrogen-bond acceptors (Lipinski definition) is 4.